The van der Waals surface area contributed by atoms with Gasteiger partial charge in [-0.2, -0.15) is 0 Å². The second kappa shape index (κ2) is 6.37. The molecule has 5 nitrogen and oxygen atoms in total. The second-order valence-electron chi connectivity index (χ2n) is 4.13. The number of amides is 2. The van der Waals surface area contributed by atoms with Crippen LogP contribution in [0.5, 0.6) is 11.5 Å². The van der Waals surface area contributed by atoms with Crippen LogP contribution in [0.4, 0.5) is 4.79 Å². The number of nitrogens with zero attached hydrogens (tertiary/aromatic N) is 1. The van der Waals surface area contributed by atoms with Gasteiger partial charge in [-0.1, -0.05) is 12.0 Å². The van der Waals surface area contributed by atoms with Crippen molar-refractivity contribution in [1.29, 1.82) is 0 Å². The highest BCUT2D eigenvalue weighted by molar-refractivity contribution is 8.18. The Labute approximate surface area is 126 Å². The molecule has 2 amide bonds. The molecule has 1 fully saturated rings. The zero-order valence-corrected chi connectivity index (χ0v) is 12.1. The third kappa shape index (κ3) is 3.20. The molecular formula is C15H13NO4S. The third-order valence-corrected chi connectivity index (χ3v) is 3.61. The average Bonchev–Trinajstić information content (AvgIpc) is 2.71. The molecule has 1 aliphatic rings. The quantitative estimate of drug-likeness (QED) is 0.683. The first-order valence-electron chi connectivity index (χ1n) is 6.21. The summed E-state index contributed by atoms with van der Waals surface area (Å²) in [7, 11) is 0. The van der Waals surface area contributed by atoms with Crippen molar-refractivity contribution in [2.45, 2.75) is 6.92 Å². The van der Waals surface area contributed by atoms with Gasteiger partial charge in [-0.15, -0.1) is 6.42 Å². The van der Waals surface area contributed by atoms with Crippen molar-refractivity contribution in [3.8, 4) is 23.8 Å². The first-order valence-corrected chi connectivity index (χ1v) is 7.03. The first-order chi connectivity index (χ1) is 10.1. The number of phenolic OH excluding ortho intramolecular Hbond substituents is 1. The molecule has 1 aromatic rings. The number of hydrogen-bond donors (Lipinski definition) is 1. The van der Waals surface area contributed by atoms with Crippen LogP contribution < -0.4 is 4.74 Å². The number of aromatic hydroxyl groups is 1. The molecule has 0 aromatic heterocycles. The van der Waals surface area contributed by atoms with E-state index in [1.165, 1.54) is 6.07 Å². The van der Waals surface area contributed by atoms with Gasteiger partial charge in [0.15, 0.2) is 11.5 Å². The fourth-order valence-electron chi connectivity index (χ4n) is 1.77. The normalized spacial score (nSPS) is 16.4. The minimum absolute atomic E-state index is 0.0226. The number of carbonyl (C=O) groups is 2. The topological polar surface area (TPSA) is 66.8 Å². The Balaban J connectivity index is 2.28. The van der Waals surface area contributed by atoms with E-state index in [1.54, 1.807) is 25.1 Å². The maximum Gasteiger partial charge on any atom is 0.294 e. The molecule has 1 aliphatic heterocycles. The summed E-state index contributed by atoms with van der Waals surface area (Å²) in [6, 6.07) is 4.71. The van der Waals surface area contributed by atoms with Crippen LogP contribution in [-0.2, 0) is 4.79 Å². The smallest absolute Gasteiger partial charge is 0.294 e. The van der Waals surface area contributed by atoms with Crippen molar-refractivity contribution in [1.82, 2.24) is 4.90 Å². The number of terminal acetylenes is 1. The number of benzene rings is 1. The summed E-state index contributed by atoms with van der Waals surface area (Å²) in [6.45, 7) is 2.18. The minimum Gasteiger partial charge on any atom is -0.504 e. The number of carbonyl (C=O) groups excluding carboxylic acids is 2. The molecule has 0 unspecified atom stereocenters. The highest BCUT2D eigenvalue weighted by Crippen LogP contribution is 2.33. The molecule has 108 valence electrons. The highest BCUT2D eigenvalue weighted by Gasteiger charge is 2.34. The summed E-state index contributed by atoms with van der Waals surface area (Å²) < 4.78 is 5.27. The van der Waals surface area contributed by atoms with Gasteiger partial charge in [-0.05, 0) is 42.5 Å². The van der Waals surface area contributed by atoms with Gasteiger partial charge in [0, 0.05) is 0 Å². The molecule has 0 spiro atoms. The van der Waals surface area contributed by atoms with Crippen LogP contribution in [0.3, 0.4) is 0 Å². The van der Waals surface area contributed by atoms with Crippen LogP contribution in [0.15, 0.2) is 23.1 Å². The fourth-order valence-corrected chi connectivity index (χ4v) is 2.61. The monoisotopic (exact) mass is 303 g/mol. The lowest BCUT2D eigenvalue weighted by Crippen LogP contribution is -2.28. The molecule has 6 heteroatoms. The Hall–Kier alpha value is -2.39. The van der Waals surface area contributed by atoms with Crippen LogP contribution in [0.2, 0.25) is 0 Å². The van der Waals surface area contributed by atoms with Crippen molar-refractivity contribution >= 4 is 29.0 Å². The maximum absolute atomic E-state index is 12.0. The zero-order chi connectivity index (χ0) is 15.4. The van der Waals surface area contributed by atoms with Gasteiger partial charge < -0.3 is 9.84 Å². The van der Waals surface area contributed by atoms with Crippen LogP contribution in [0.1, 0.15) is 12.5 Å². The molecule has 0 atom stereocenters. The van der Waals surface area contributed by atoms with Gasteiger partial charge >= 0.3 is 0 Å². The Bertz CT molecular complexity index is 660. The van der Waals surface area contributed by atoms with Gasteiger partial charge in [0.1, 0.15) is 0 Å². The van der Waals surface area contributed by atoms with Crippen molar-refractivity contribution in [2.75, 3.05) is 13.2 Å². The molecule has 1 aromatic carbocycles. The lowest BCUT2D eigenvalue weighted by Gasteiger charge is -2.07. The van der Waals surface area contributed by atoms with E-state index < -0.39 is 5.91 Å². The van der Waals surface area contributed by atoms with Gasteiger partial charge in [-0.25, -0.2) is 0 Å². The second-order valence-corrected chi connectivity index (χ2v) is 5.13. The van der Waals surface area contributed by atoms with Crippen LogP contribution in [-0.4, -0.2) is 34.3 Å². The van der Waals surface area contributed by atoms with Gasteiger partial charge in [0.2, 0.25) is 0 Å². The molecule has 21 heavy (non-hydrogen) atoms. The van der Waals surface area contributed by atoms with Gasteiger partial charge in [0.25, 0.3) is 11.1 Å². The number of ether oxygens (including phenoxy) is 1. The molecule has 0 saturated carbocycles. The summed E-state index contributed by atoms with van der Waals surface area (Å²) in [5, 5.41) is 9.25. The SMILES string of the molecule is C#CCN1C(=O)S/C(=C/c2ccc(O)c(OCC)c2)C1=O. The summed E-state index contributed by atoms with van der Waals surface area (Å²) in [5.41, 5.74) is 0.655. The molecule has 0 radical (unpaired) electrons. The van der Waals surface area contributed by atoms with E-state index in [0.717, 1.165) is 16.7 Å². The van der Waals surface area contributed by atoms with Crippen LogP contribution in [0, 0.1) is 12.3 Å². The number of thioether (sulfide) groups is 1. The third-order valence-electron chi connectivity index (χ3n) is 2.70. The summed E-state index contributed by atoms with van der Waals surface area (Å²) in [6.07, 6.45) is 6.70. The minimum atomic E-state index is -0.408. The maximum atomic E-state index is 12.0. The fraction of sp³-hybridized carbons (Fsp3) is 0.200. The molecule has 0 bridgehead atoms. The van der Waals surface area contributed by atoms with Crippen LogP contribution >= 0.6 is 11.8 Å². The number of phenols is 1. The van der Waals surface area contributed by atoms with E-state index in [-0.39, 0.29) is 17.5 Å². The molecule has 1 heterocycles. The van der Waals surface area contributed by atoms with E-state index in [2.05, 4.69) is 5.92 Å². The van der Waals surface area contributed by atoms with Crippen LogP contribution in [0.25, 0.3) is 6.08 Å². The molecule has 1 N–H and O–H groups in total. The van der Waals surface area contributed by atoms with Crippen molar-refractivity contribution in [3.63, 3.8) is 0 Å². The van der Waals surface area contributed by atoms with E-state index >= 15 is 0 Å². The van der Waals surface area contributed by atoms with Gasteiger partial charge in [0.05, 0.1) is 18.1 Å². The Kier molecular flexibility index (Phi) is 4.55. The zero-order valence-electron chi connectivity index (χ0n) is 11.3. The molecular weight excluding hydrogens is 290 g/mol. The number of hydrogen-bond acceptors (Lipinski definition) is 5. The largest absolute Gasteiger partial charge is 0.504 e. The van der Waals surface area contributed by atoms with E-state index in [1.807, 2.05) is 0 Å². The number of rotatable bonds is 4. The molecule has 2 rings (SSSR count). The highest BCUT2D eigenvalue weighted by atomic mass is 32.2. The van der Waals surface area contributed by atoms with Crippen molar-refractivity contribution < 1.29 is 19.4 Å². The Morgan fingerprint density at radius 2 is 2.24 bits per heavy atom. The lowest BCUT2D eigenvalue weighted by atomic mass is 10.2. The molecule has 0 aliphatic carbocycles. The van der Waals surface area contributed by atoms with E-state index in [9.17, 15) is 14.7 Å². The van der Waals surface area contributed by atoms with Crippen molar-refractivity contribution in [2.24, 2.45) is 0 Å². The lowest BCUT2D eigenvalue weighted by molar-refractivity contribution is -0.122. The first kappa shape index (κ1) is 15.0. The average molecular weight is 303 g/mol. The Morgan fingerprint density at radius 1 is 1.48 bits per heavy atom. The number of imide groups is 1. The predicted octanol–water partition coefficient (Wildman–Crippen LogP) is 2.46. The standard InChI is InChI=1S/C15H13NO4S/c1-3-7-16-14(18)13(21-15(16)19)9-10-5-6-11(17)12(8-10)20-4-2/h1,5-6,8-9,17H,4,7H2,2H3/b13-9+. The molecule has 1 saturated heterocycles. The summed E-state index contributed by atoms with van der Waals surface area (Å²) >= 11 is 0.840. The van der Waals surface area contributed by atoms with E-state index in [0.29, 0.717) is 22.8 Å². The van der Waals surface area contributed by atoms with Crippen molar-refractivity contribution in [3.05, 3.63) is 28.7 Å². The van der Waals surface area contributed by atoms with E-state index in [4.69, 9.17) is 11.2 Å². The predicted molar refractivity (Wildman–Crippen MR) is 80.8 cm³/mol. The summed E-state index contributed by atoms with van der Waals surface area (Å²) in [5.74, 6) is 2.22. The Morgan fingerprint density at radius 3 is 2.90 bits per heavy atom. The summed E-state index contributed by atoms with van der Waals surface area (Å²) in [4.78, 5) is 25.0. The van der Waals surface area contributed by atoms with Gasteiger partial charge in [-0.3, -0.25) is 14.5 Å².